The van der Waals surface area contributed by atoms with E-state index in [-0.39, 0.29) is 24.0 Å². The average Bonchev–Trinajstić information content (AvgIpc) is 2.78. The number of carbonyl (C=O) groups is 3. The monoisotopic (exact) mass is 465 g/mol. The Balaban J connectivity index is 1.93. The quantitative estimate of drug-likeness (QED) is 0.289. The average molecular weight is 466 g/mol. The summed E-state index contributed by atoms with van der Waals surface area (Å²) in [4.78, 5) is 38.6. The van der Waals surface area contributed by atoms with Crippen LogP contribution in [0.2, 0.25) is 0 Å². The zero-order valence-corrected chi connectivity index (χ0v) is 19.4. The lowest BCUT2D eigenvalue weighted by molar-refractivity contribution is -0.148. The zero-order chi connectivity index (χ0) is 23.3. The fourth-order valence-corrected chi connectivity index (χ4v) is 3.33. The standard InChI is InChI=1S/C22H31N3O6S/c1-3-5-12-30-17-8-6-16(7-9-17)20(27)24-22(32)25-11-10-23-21(28)18(25)15-19(26)31-14-13-29-4-2/h6-9,18H,3-5,10-15H2,1-2H3,(H,23,28)(H,24,27,32). The normalized spacial score (nSPS) is 15.6. The number of ether oxygens (including phenoxy) is 3. The zero-order valence-electron chi connectivity index (χ0n) is 18.6. The van der Waals surface area contributed by atoms with Crippen molar-refractivity contribution in [2.75, 3.05) is 39.5 Å². The third-order valence-electron chi connectivity index (χ3n) is 4.75. The number of carbonyl (C=O) groups excluding carboxylic acids is 3. The number of nitrogens with zero attached hydrogens (tertiary/aromatic N) is 1. The van der Waals surface area contributed by atoms with Crippen molar-refractivity contribution in [3.63, 3.8) is 0 Å². The molecular formula is C22H31N3O6S. The van der Waals surface area contributed by atoms with Crippen LogP contribution in [0.4, 0.5) is 0 Å². The number of esters is 1. The van der Waals surface area contributed by atoms with Gasteiger partial charge in [0, 0.05) is 25.3 Å². The molecule has 1 heterocycles. The molecule has 1 atom stereocenters. The maximum absolute atomic E-state index is 12.6. The van der Waals surface area contributed by atoms with E-state index < -0.39 is 17.9 Å². The molecule has 1 aliphatic rings. The number of piperazine rings is 1. The van der Waals surface area contributed by atoms with Crippen molar-refractivity contribution in [3.05, 3.63) is 29.8 Å². The van der Waals surface area contributed by atoms with E-state index >= 15 is 0 Å². The summed E-state index contributed by atoms with van der Waals surface area (Å²) >= 11 is 5.37. The van der Waals surface area contributed by atoms with Crippen LogP contribution in [0.5, 0.6) is 5.75 Å². The molecule has 2 amide bonds. The molecule has 0 spiro atoms. The molecule has 2 N–H and O–H groups in total. The van der Waals surface area contributed by atoms with E-state index in [1.807, 2.05) is 6.92 Å². The molecule has 0 aliphatic carbocycles. The summed E-state index contributed by atoms with van der Waals surface area (Å²) in [7, 11) is 0. The molecule has 1 unspecified atom stereocenters. The van der Waals surface area contributed by atoms with Crippen molar-refractivity contribution < 1.29 is 28.6 Å². The third-order valence-corrected chi connectivity index (χ3v) is 5.09. The molecule has 2 rings (SSSR count). The van der Waals surface area contributed by atoms with Gasteiger partial charge >= 0.3 is 5.97 Å². The van der Waals surface area contributed by atoms with Crippen LogP contribution in [0, 0.1) is 0 Å². The van der Waals surface area contributed by atoms with Crippen LogP contribution in [-0.2, 0) is 19.1 Å². The summed E-state index contributed by atoms with van der Waals surface area (Å²) in [6.07, 6.45) is 1.82. The summed E-state index contributed by atoms with van der Waals surface area (Å²) in [5.74, 6) is -0.597. The Labute approximate surface area is 193 Å². The summed E-state index contributed by atoms with van der Waals surface area (Å²) in [5, 5.41) is 5.44. The number of rotatable bonds is 11. The maximum Gasteiger partial charge on any atom is 0.308 e. The number of thiocarbonyl (C=S) groups is 1. The van der Waals surface area contributed by atoms with Gasteiger partial charge in [0.05, 0.1) is 19.6 Å². The molecule has 176 valence electrons. The second-order valence-corrected chi connectivity index (χ2v) is 7.49. The number of nitrogens with one attached hydrogen (secondary N) is 2. The smallest absolute Gasteiger partial charge is 0.308 e. The molecule has 1 aliphatic heterocycles. The lowest BCUT2D eigenvalue weighted by Gasteiger charge is -2.36. The number of amides is 2. The van der Waals surface area contributed by atoms with Crippen molar-refractivity contribution in [3.8, 4) is 5.75 Å². The highest BCUT2D eigenvalue weighted by Gasteiger charge is 2.34. The Morgan fingerprint density at radius 3 is 2.62 bits per heavy atom. The van der Waals surface area contributed by atoms with Gasteiger partial charge in [-0.15, -0.1) is 0 Å². The van der Waals surface area contributed by atoms with Crippen molar-refractivity contribution in [2.45, 2.75) is 39.2 Å². The first-order valence-corrected chi connectivity index (χ1v) is 11.2. The Bertz CT molecular complexity index is 786. The molecule has 10 heteroatoms. The van der Waals surface area contributed by atoms with E-state index in [4.69, 9.17) is 26.4 Å². The van der Waals surface area contributed by atoms with Crippen molar-refractivity contribution in [2.24, 2.45) is 0 Å². The van der Waals surface area contributed by atoms with Crippen molar-refractivity contribution >= 4 is 35.1 Å². The highest BCUT2D eigenvalue weighted by Crippen LogP contribution is 2.14. The van der Waals surface area contributed by atoms with Crippen molar-refractivity contribution in [1.82, 2.24) is 15.5 Å². The van der Waals surface area contributed by atoms with Gasteiger partial charge in [-0.05, 0) is 49.8 Å². The second-order valence-electron chi connectivity index (χ2n) is 7.11. The lowest BCUT2D eigenvalue weighted by atomic mass is 10.1. The number of unbranched alkanes of at least 4 members (excludes halogenated alkanes) is 1. The van der Waals surface area contributed by atoms with Crippen LogP contribution in [0.1, 0.15) is 43.5 Å². The minimum absolute atomic E-state index is 0.0836. The number of benzene rings is 1. The molecule has 9 nitrogen and oxygen atoms in total. The van der Waals surface area contributed by atoms with Crippen LogP contribution < -0.4 is 15.4 Å². The van der Waals surface area contributed by atoms with Gasteiger partial charge in [-0.1, -0.05) is 13.3 Å². The van der Waals surface area contributed by atoms with E-state index in [2.05, 4.69) is 17.6 Å². The van der Waals surface area contributed by atoms with Crippen LogP contribution in [-0.4, -0.2) is 73.4 Å². The highest BCUT2D eigenvalue weighted by atomic mass is 32.1. The fraction of sp³-hybridized carbons (Fsp3) is 0.545. The van der Waals surface area contributed by atoms with Gasteiger partial charge in [0.1, 0.15) is 18.4 Å². The van der Waals surface area contributed by atoms with E-state index in [9.17, 15) is 14.4 Å². The summed E-state index contributed by atoms with van der Waals surface area (Å²) in [5.41, 5.74) is 0.406. The largest absolute Gasteiger partial charge is 0.494 e. The summed E-state index contributed by atoms with van der Waals surface area (Å²) < 4.78 is 15.8. The molecule has 1 saturated heterocycles. The molecule has 32 heavy (non-hydrogen) atoms. The topological polar surface area (TPSA) is 106 Å². The molecule has 1 aromatic rings. The highest BCUT2D eigenvalue weighted by molar-refractivity contribution is 7.80. The van der Waals surface area contributed by atoms with Crippen LogP contribution in [0.25, 0.3) is 0 Å². The Morgan fingerprint density at radius 1 is 1.19 bits per heavy atom. The molecule has 0 radical (unpaired) electrons. The van der Waals surface area contributed by atoms with E-state index in [0.717, 1.165) is 12.8 Å². The van der Waals surface area contributed by atoms with Crippen molar-refractivity contribution in [1.29, 1.82) is 0 Å². The fourth-order valence-electron chi connectivity index (χ4n) is 3.01. The van der Waals surface area contributed by atoms with Gasteiger partial charge in [0.2, 0.25) is 5.91 Å². The van der Waals surface area contributed by atoms with Gasteiger partial charge in [-0.25, -0.2) is 0 Å². The number of hydrogen-bond donors (Lipinski definition) is 2. The lowest BCUT2D eigenvalue weighted by Crippen LogP contribution is -2.60. The summed E-state index contributed by atoms with van der Waals surface area (Å²) in [6, 6.07) is 5.89. The SMILES string of the molecule is CCCCOc1ccc(C(=O)NC(=S)N2CCNC(=O)C2CC(=O)OCCOCC)cc1. The molecule has 0 aromatic heterocycles. The maximum atomic E-state index is 12.6. The minimum Gasteiger partial charge on any atom is -0.494 e. The Hall–Kier alpha value is -2.72. The Morgan fingerprint density at radius 2 is 1.94 bits per heavy atom. The molecular weight excluding hydrogens is 434 g/mol. The van der Waals surface area contributed by atoms with Gasteiger partial charge < -0.3 is 24.4 Å². The molecule has 1 fully saturated rings. The molecule has 0 saturated carbocycles. The number of hydrogen-bond acceptors (Lipinski definition) is 7. The predicted octanol–water partition coefficient (Wildman–Crippen LogP) is 1.65. The first-order valence-electron chi connectivity index (χ1n) is 10.8. The molecule has 1 aromatic carbocycles. The van der Waals surface area contributed by atoms with Crippen LogP contribution >= 0.6 is 12.2 Å². The van der Waals surface area contributed by atoms with E-state index in [1.54, 1.807) is 24.3 Å². The van der Waals surface area contributed by atoms with Gasteiger partial charge in [0.25, 0.3) is 5.91 Å². The van der Waals surface area contributed by atoms with Crippen LogP contribution in [0.15, 0.2) is 24.3 Å². The van der Waals surface area contributed by atoms with E-state index in [1.165, 1.54) is 4.90 Å². The predicted molar refractivity (Wildman–Crippen MR) is 122 cm³/mol. The molecule has 0 bridgehead atoms. The van der Waals surface area contributed by atoms with E-state index in [0.29, 0.717) is 44.2 Å². The first kappa shape index (κ1) is 25.5. The Kier molecular flexibility index (Phi) is 10.9. The third kappa shape index (κ3) is 8.08. The minimum atomic E-state index is -0.856. The summed E-state index contributed by atoms with van der Waals surface area (Å²) in [6.45, 7) is 6.21. The van der Waals surface area contributed by atoms with Gasteiger partial charge in [-0.2, -0.15) is 0 Å². The second kappa shape index (κ2) is 13.6. The van der Waals surface area contributed by atoms with Gasteiger partial charge in [0.15, 0.2) is 5.11 Å². The van der Waals surface area contributed by atoms with Crippen LogP contribution in [0.3, 0.4) is 0 Å². The first-order chi connectivity index (χ1) is 15.5. The van der Waals surface area contributed by atoms with Gasteiger partial charge in [-0.3, -0.25) is 19.7 Å².